The molecule has 2 aliphatic carbocycles. The maximum atomic E-state index is 11.5. The first-order valence-electron chi connectivity index (χ1n) is 9.09. The zero-order chi connectivity index (χ0) is 16.1. The zero-order valence-corrected chi connectivity index (χ0v) is 14.7. The number of rotatable bonds is 5. The largest absolute Gasteiger partial charge is 0.444 e. The number of carbonyl (C=O) groups is 1. The van der Waals surface area contributed by atoms with Crippen LogP contribution in [0.4, 0.5) is 4.79 Å². The molecule has 0 aromatic heterocycles. The van der Waals surface area contributed by atoms with Crippen molar-refractivity contribution < 1.29 is 9.53 Å². The molecular weight excluding hydrogens is 276 g/mol. The van der Waals surface area contributed by atoms with Crippen LogP contribution in [0.3, 0.4) is 0 Å². The molecule has 0 aromatic carbocycles. The van der Waals surface area contributed by atoms with Crippen LogP contribution < -0.4 is 10.6 Å². The van der Waals surface area contributed by atoms with Gasteiger partial charge in [-0.15, -0.1) is 0 Å². The molecule has 1 spiro atoms. The highest BCUT2D eigenvalue weighted by molar-refractivity contribution is 5.67. The number of hydrogen-bond acceptors (Lipinski definition) is 3. The average Bonchev–Trinajstić information content (AvgIpc) is 2.87. The van der Waals surface area contributed by atoms with Crippen LogP contribution >= 0.6 is 0 Å². The molecule has 22 heavy (non-hydrogen) atoms. The molecule has 2 rings (SSSR count). The first-order chi connectivity index (χ1) is 10.4. The Bertz CT molecular complexity index is 347. The Kier molecular flexibility index (Phi) is 6.13. The van der Waals surface area contributed by atoms with Gasteiger partial charge in [0, 0.05) is 12.6 Å². The topological polar surface area (TPSA) is 50.4 Å². The number of amides is 1. The maximum absolute atomic E-state index is 11.5. The SMILES string of the molecule is CC(C)(C)OC(=O)NCCCNC1CCC2(CCCC2)CC1. The molecule has 128 valence electrons. The molecule has 0 bridgehead atoms. The van der Waals surface area contributed by atoms with Crippen molar-refractivity contribution in [2.45, 2.75) is 90.2 Å². The minimum absolute atomic E-state index is 0.312. The van der Waals surface area contributed by atoms with Crippen LogP contribution in [0, 0.1) is 5.41 Å². The van der Waals surface area contributed by atoms with Gasteiger partial charge in [0.1, 0.15) is 5.60 Å². The smallest absolute Gasteiger partial charge is 0.407 e. The average molecular weight is 310 g/mol. The van der Waals surface area contributed by atoms with Crippen LogP contribution in [0.2, 0.25) is 0 Å². The number of carbonyl (C=O) groups excluding carboxylic acids is 1. The van der Waals surface area contributed by atoms with Gasteiger partial charge < -0.3 is 15.4 Å². The molecule has 0 unspecified atom stereocenters. The number of ether oxygens (including phenoxy) is 1. The van der Waals surface area contributed by atoms with E-state index in [4.69, 9.17) is 4.74 Å². The summed E-state index contributed by atoms with van der Waals surface area (Å²) in [6.07, 6.45) is 12.0. The van der Waals surface area contributed by atoms with Gasteiger partial charge >= 0.3 is 6.09 Å². The third kappa shape index (κ3) is 5.79. The second-order valence-electron chi connectivity index (χ2n) is 8.22. The third-order valence-electron chi connectivity index (χ3n) is 5.17. The van der Waals surface area contributed by atoms with Gasteiger partial charge in [0.05, 0.1) is 0 Å². The third-order valence-corrected chi connectivity index (χ3v) is 5.17. The Morgan fingerprint density at radius 1 is 1.09 bits per heavy atom. The fourth-order valence-electron chi connectivity index (χ4n) is 3.96. The number of hydrogen-bond donors (Lipinski definition) is 2. The summed E-state index contributed by atoms with van der Waals surface area (Å²) in [5, 5.41) is 6.47. The second-order valence-corrected chi connectivity index (χ2v) is 8.22. The Hall–Kier alpha value is -0.770. The Morgan fingerprint density at radius 3 is 2.32 bits per heavy atom. The maximum Gasteiger partial charge on any atom is 0.407 e. The van der Waals surface area contributed by atoms with Crippen LogP contribution in [0.15, 0.2) is 0 Å². The van der Waals surface area contributed by atoms with Gasteiger partial charge in [0.15, 0.2) is 0 Å². The fraction of sp³-hybridized carbons (Fsp3) is 0.944. The van der Waals surface area contributed by atoms with E-state index in [1.807, 2.05) is 20.8 Å². The van der Waals surface area contributed by atoms with E-state index < -0.39 is 5.60 Å². The predicted octanol–water partition coefficient (Wildman–Crippen LogP) is 3.99. The lowest BCUT2D eigenvalue weighted by Crippen LogP contribution is -2.38. The van der Waals surface area contributed by atoms with Gasteiger partial charge in [-0.05, 0) is 77.7 Å². The van der Waals surface area contributed by atoms with Gasteiger partial charge in [0.2, 0.25) is 0 Å². The van der Waals surface area contributed by atoms with Crippen LogP contribution in [-0.2, 0) is 4.74 Å². The molecule has 1 amide bonds. The van der Waals surface area contributed by atoms with E-state index in [0.29, 0.717) is 12.6 Å². The van der Waals surface area contributed by atoms with Gasteiger partial charge in [-0.25, -0.2) is 4.79 Å². The second kappa shape index (κ2) is 7.67. The highest BCUT2D eigenvalue weighted by Gasteiger charge is 2.37. The molecule has 0 aromatic rings. The monoisotopic (exact) mass is 310 g/mol. The van der Waals surface area contributed by atoms with Crippen molar-refractivity contribution in [1.29, 1.82) is 0 Å². The van der Waals surface area contributed by atoms with E-state index in [2.05, 4.69) is 10.6 Å². The summed E-state index contributed by atoms with van der Waals surface area (Å²) in [7, 11) is 0. The van der Waals surface area contributed by atoms with Crippen LogP contribution in [-0.4, -0.2) is 30.8 Å². The highest BCUT2D eigenvalue weighted by Crippen LogP contribution is 2.48. The molecule has 4 nitrogen and oxygen atoms in total. The molecular formula is C18H34N2O2. The number of alkyl carbamates (subject to hydrolysis) is 1. The number of nitrogens with one attached hydrogen (secondary N) is 2. The normalized spacial score (nSPS) is 22.0. The molecule has 2 saturated carbocycles. The molecule has 2 aliphatic rings. The van der Waals surface area contributed by atoms with Crippen LogP contribution in [0.5, 0.6) is 0 Å². The summed E-state index contributed by atoms with van der Waals surface area (Å²) in [4.78, 5) is 11.5. The summed E-state index contributed by atoms with van der Waals surface area (Å²) in [5.74, 6) is 0. The molecule has 0 aliphatic heterocycles. The molecule has 4 heteroatoms. The summed E-state index contributed by atoms with van der Waals surface area (Å²) >= 11 is 0. The summed E-state index contributed by atoms with van der Waals surface area (Å²) in [6, 6.07) is 0.688. The van der Waals surface area contributed by atoms with Gasteiger partial charge in [0.25, 0.3) is 0 Å². The first kappa shape index (κ1) is 17.6. The fourth-order valence-corrected chi connectivity index (χ4v) is 3.96. The summed E-state index contributed by atoms with van der Waals surface area (Å²) in [5.41, 5.74) is 0.303. The van der Waals surface area contributed by atoms with Crippen LogP contribution in [0.25, 0.3) is 0 Å². The highest BCUT2D eigenvalue weighted by atomic mass is 16.6. The lowest BCUT2D eigenvalue weighted by molar-refractivity contribution is 0.0527. The van der Waals surface area contributed by atoms with Crippen molar-refractivity contribution >= 4 is 6.09 Å². The van der Waals surface area contributed by atoms with Crippen molar-refractivity contribution in [2.75, 3.05) is 13.1 Å². The minimum Gasteiger partial charge on any atom is -0.444 e. The Labute approximate surface area is 135 Å². The van der Waals surface area contributed by atoms with Crippen LogP contribution in [0.1, 0.15) is 78.6 Å². The standard InChI is InChI=1S/C18H34N2O2/c1-17(2,3)22-16(21)20-14-6-13-19-15-7-11-18(12-8-15)9-4-5-10-18/h15,19H,4-14H2,1-3H3,(H,20,21). The Balaban J connectivity index is 1.50. The molecule has 2 fully saturated rings. The molecule has 0 heterocycles. The lowest BCUT2D eigenvalue weighted by atomic mass is 9.71. The van der Waals surface area contributed by atoms with Gasteiger partial charge in [-0.3, -0.25) is 0 Å². The molecule has 2 N–H and O–H groups in total. The van der Waals surface area contributed by atoms with E-state index in [-0.39, 0.29) is 6.09 Å². The van der Waals surface area contributed by atoms with Crippen molar-refractivity contribution in [3.63, 3.8) is 0 Å². The van der Waals surface area contributed by atoms with E-state index in [1.165, 1.54) is 51.4 Å². The Morgan fingerprint density at radius 2 is 1.73 bits per heavy atom. The minimum atomic E-state index is -0.416. The van der Waals surface area contributed by atoms with E-state index in [1.54, 1.807) is 0 Å². The van der Waals surface area contributed by atoms with Gasteiger partial charge in [-0.1, -0.05) is 12.8 Å². The summed E-state index contributed by atoms with van der Waals surface area (Å²) < 4.78 is 5.22. The molecule has 0 saturated heterocycles. The predicted molar refractivity (Wildman–Crippen MR) is 90.0 cm³/mol. The van der Waals surface area contributed by atoms with E-state index in [9.17, 15) is 4.79 Å². The molecule has 0 radical (unpaired) electrons. The van der Waals surface area contributed by atoms with Gasteiger partial charge in [-0.2, -0.15) is 0 Å². The van der Waals surface area contributed by atoms with E-state index in [0.717, 1.165) is 18.4 Å². The lowest BCUT2D eigenvalue weighted by Gasteiger charge is -2.37. The van der Waals surface area contributed by atoms with Crippen molar-refractivity contribution in [3.8, 4) is 0 Å². The quantitative estimate of drug-likeness (QED) is 0.755. The molecule has 0 atom stereocenters. The summed E-state index contributed by atoms with van der Waals surface area (Å²) in [6.45, 7) is 7.31. The first-order valence-corrected chi connectivity index (χ1v) is 9.09. The van der Waals surface area contributed by atoms with E-state index >= 15 is 0 Å². The van der Waals surface area contributed by atoms with Crippen molar-refractivity contribution in [1.82, 2.24) is 10.6 Å². The zero-order valence-electron chi connectivity index (χ0n) is 14.7. The van der Waals surface area contributed by atoms with Crippen molar-refractivity contribution in [3.05, 3.63) is 0 Å². The van der Waals surface area contributed by atoms with Crippen molar-refractivity contribution in [2.24, 2.45) is 5.41 Å².